The van der Waals surface area contributed by atoms with Crippen LogP contribution in [0.3, 0.4) is 0 Å². The van der Waals surface area contributed by atoms with E-state index in [1.165, 1.54) is 0 Å². The third-order valence-corrected chi connectivity index (χ3v) is 2.99. The second-order valence-electron chi connectivity index (χ2n) is 4.83. The summed E-state index contributed by atoms with van der Waals surface area (Å²) in [5.74, 6) is 2.35. The molecule has 0 bridgehead atoms. The molecule has 0 aliphatic heterocycles. The normalized spacial score (nSPS) is 27.8. The van der Waals surface area contributed by atoms with Gasteiger partial charge < -0.3 is 15.0 Å². The van der Waals surface area contributed by atoms with E-state index in [1.54, 1.807) is 0 Å². The van der Waals surface area contributed by atoms with Crippen LogP contribution >= 0.6 is 0 Å². The second kappa shape index (κ2) is 4.14. The molecule has 1 heterocycles. The number of aromatic nitrogens is 2. The lowest BCUT2D eigenvalue weighted by molar-refractivity contribution is 0.0962. The highest BCUT2D eigenvalue weighted by Gasteiger charge is 2.40. The first kappa shape index (κ1) is 11.5. The summed E-state index contributed by atoms with van der Waals surface area (Å²) >= 11 is 0. The van der Waals surface area contributed by atoms with Gasteiger partial charge in [0, 0.05) is 12.5 Å². The molecule has 3 atom stereocenters. The first-order valence-corrected chi connectivity index (χ1v) is 5.75. The Kier molecular flexibility index (Phi) is 2.99. The van der Waals surface area contributed by atoms with Gasteiger partial charge in [0.05, 0.1) is 6.61 Å². The SMILES string of the molecule is CCOCC(C)(N)c1noc(C2CC2C)n1. The number of hydrogen-bond acceptors (Lipinski definition) is 5. The van der Waals surface area contributed by atoms with Crippen molar-refractivity contribution in [3.63, 3.8) is 0 Å². The highest BCUT2D eigenvalue weighted by atomic mass is 16.5. The topological polar surface area (TPSA) is 74.2 Å². The van der Waals surface area contributed by atoms with Crippen molar-refractivity contribution in [1.29, 1.82) is 0 Å². The average molecular weight is 225 g/mol. The van der Waals surface area contributed by atoms with E-state index < -0.39 is 5.54 Å². The highest BCUT2D eigenvalue weighted by Crippen LogP contribution is 2.46. The van der Waals surface area contributed by atoms with Crippen LogP contribution in [-0.2, 0) is 10.3 Å². The Labute approximate surface area is 95.3 Å². The largest absolute Gasteiger partial charge is 0.379 e. The van der Waals surface area contributed by atoms with Crippen LogP contribution in [0, 0.1) is 5.92 Å². The molecule has 2 N–H and O–H groups in total. The van der Waals surface area contributed by atoms with Crippen molar-refractivity contribution in [1.82, 2.24) is 10.1 Å². The van der Waals surface area contributed by atoms with E-state index >= 15 is 0 Å². The molecule has 5 nitrogen and oxygen atoms in total. The van der Waals surface area contributed by atoms with E-state index in [9.17, 15) is 0 Å². The maximum atomic E-state index is 6.08. The average Bonchev–Trinajstić information content (AvgIpc) is 2.80. The summed E-state index contributed by atoms with van der Waals surface area (Å²) in [6.07, 6.45) is 1.13. The van der Waals surface area contributed by atoms with Gasteiger partial charge in [0.2, 0.25) is 5.89 Å². The van der Waals surface area contributed by atoms with Crippen molar-refractivity contribution in [2.75, 3.05) is 13.2 Å². The summed E-state index contributed by atoms with van der Waals surface area (Å²) < 4.78 is 10.5. The van der Waals surface area contributed by atoms with E-state index in [0.29, 0.717) is 30.9 Å². The molecule has 0 saturated heterocycles. The Hall–Kier alpha value is -0.940. The van der Waals surface area contributed by atoms with Crippen LogP contribution in [0.2, 0.25) is 0 Å². The van der Waals surface area contributed by atoms with Gasteiger partial charge in [-0.2, -0.15) is 4.98 Å². The zero-order valence-electron chi connectivity index (χ0n) is 10.1. The lowest BCUT2D eigenvalue weighted by Crippen LogP contribution is -2.39. The summed E-state index contributed by atoms with van der Waals surface area (Å²) in [5, 5.41) is 3.95. The monoisotopic (exact) mass is 225 g/mol. The third kappa shape index (κ3) is 2.25. The van der Waals surface area contributed by atoms with Crippen molar-refractivity contribution in [2.45, 2.75) is 38.6 Å². The first-order valence-electron chi connectivity index (χ1n) is 5.75. The number of ether oxygens (including phenoxy) is 1. The fourth-order valence-corrected chi connectivity index (χ4v) is 1.66. The van der Waals surface area contributed by atoms with Crippen molar-refractivity contribution >= 4 is 0 Å². The minimum atomic E-state index is -0.671. The quantitative estimate of drug-likeness (QED) is 0.820. The summed E-state index contributed by atoms with van der Waals surface area (Å²) in [5.41, 5.74) is 5.41. The van der Waals surface area contributed by atoms with Crippen molar-refractivity contribution in [3.8, 4) is 0 Å². The second-order valence-corrected chi connectivity index (χ2v) is 4.83. The number of nitrogens with two attached hydrogens (primary N) is 1. The molecular formula is C11H19N3O2. The Balaban J connectivity index is 2.05. The molecule has 1 saturated carbocycles. The first-order chi connectivity index (χ1) is 7.54. The molecule has 16 heavy (non-hydrogen) atoms. The van der Waals surface area contributed by atoms with Gasteiger partial charge in [-0.05, 0) is 26.2 Å². The van der Waals surface area contributed by atoms with E-state index in [-0.39, 0.29) is 0 Å². The lowest BCUT2D eigenvalue weighted by atomic mass is 10.1. The highest BCUT2D eigenvalue weighted by molar-refractivity contribution is 5.09. The van der Waals surface area contributed by atoms with Crippen LogP contribution in [0.4, 0.5) is 0 Å². The van der Waals surface area contributed by atoms with Crippen LogP contribution in [-0.4, -0.2) is 23.4 Å². The summed E-state index contributed by atoms with van der Waals surface area (Å²) in [4.78, 5) is 4.36. The number of rotatable bonds is 5. The van der Waals surface area contributed by atoms with Gasteiger partial charge in [-0.25, -0.2) is 0 Å². The molecule has 1 aromatic heterocycles. The molecule has 0 aromatic carbocycles. The smallest absolute Gasteiger partial charge is 0.230 e. The van der Waals surface area contributed by atoms with Gasteiger partial charge in [-0.15, -0.1) is 0 Å². The minimum Gasteiger partial charge on any atom is -0.379 e. The van der Waals surface area contributed by atoms with Crippen LogP contribution in [0.1, 0.15) is 44.8 Å². The Morgan fingerprint density at radius 1 is 1.62 bits per heavy atom. The molecule has 1 aliphatic carbocycles. The van der Waals surface area contributed by atoms with Gasteiger partial charge in [-0.1, -0.05) is 12.1 Å². The molecule has 1 aromatic rings. The number of nitrogens with zero attached hydrogens (tertiary/aromatic N) is 2. The minimum absolute atomic E-state index is 0.405. The lowest BCUT2D eigenvalue weighted by Gasteiger charge is -2.19. The zero-order valence-corrected chi connectivity index (χ0v) is 10.1. The van der Waals surface area contributed by atoms with Crippen molar-refractivity contribution in [3.05, 3.63) is 11.7 Å². The molecule has 2 rings (SSSR count). The third-order valence-electron chi connectivity index (χ3n) is 2.99. The van der Waals surface area contributed by atoms with E-state index in [1.807, 2.05) is 13.8 Å². The molecule has 5 heteroatoms. The van der Waals surface area contributed by atoms with Gasteiger partial charge in [0.25, 0.3) is 0 Å². The van der Waals surface area contributed by atoms with Gasteiger partial charge in [0.15, 0.2) is 5.82 Å². The molecule has 1 fully saturated rings. The summed E-state index contributed by atoms with van der Waals surface area (Å²) in [7, 11) is 0. The van der Waals surface area contributed by atoms with Crippen molar-refractivity contribution in [2.24, 2.45) is 11.7 Å². The molecule has 90 valence electrons. The predicted molar refractivity (Wildman–Crippen MR) is 58.9 cm³/mol. The molecule has 0 radical (unpaired) electrons. The summed E-state index contributed by atoms with van der Waals surface area (Å²) in [6.45, 7) is 7.01. The molecule has 0 spiro atoms. The Bertz CT molecular complexity index is 362. The van der Waals surface area contributed by atoms with E-state index in [4.69, 9.17) is 15.0 Å². The molecular weight excluding hydrogens is 206 g/mol. The Morgan fingerprint density at radius 3 is 2.88 bits per heavy atom. The summed E-state index contributed by atoms with van der Waals surface area (Å²) in [6, 6.07) is 0. The van der Waals surface area contributed by atoms with Gasteiger partial charge in [-0.3, -0.25) is 0 Å². The van der Waals surface area contributed by atoms with E-state index in [2.05, 4.69) is 17.1 Å². The van der Waals surface area contributed by atoms with Crippen molar-refractivity contribution < 1.29 is 9.26 Å². The van der Waals surface area contributed by atoms with Gasteiger partial charge in [0.1, 0.15) is 5.54 Å². The van der Waals surface area contributed by atoms with Crippen LogP contribution in [0.15, 0.2) is 4.52 Å². The molecule has 0 amide bonds. The van der Waals surface area contributed by atoms with Crippen LogP contribution in [0.5, 0.6) is 0 Å². The molecule has 3 unspecified atom stereocenters. The molecule has 1 aliphatic rings. The maximum Gasteiger partial charge on any atom is 0.230 e. The Morgan fingerprint density at radius 2 is 2.31 bits per heavy atom. The predicted octanol–water partition coefficient (Wildman–Crippen LogP) is 1.40. The standard InChI is InChI=1S/C11H19N3O2/c1-4-15-6-11(3,12)10-13-9(16-14-10)8-5-7(8)2/h7-8H,4-6,12H2,1-3H3. The van der Waals surface area contributed by atoms with Gasteiger partial charge >= 0.3 is 0 Å². The van der Waals surface area contributed by atoms with Crippen LogP contribution in [0.25, 0.3) is 0 Å². The van der Waals surface area contributed by atoms with Crippen LogP contribution < -0.4 is 5.73 Å². The maximum absolute atomic E-state index is 6.08. The van der Waals surface area contributed by atoms with E-state index in [0.717, 1.165) is 12.3 Å². The fourth-order valence-electron chi connectivity index (χ4n) is 1.66. The fraction of sp³-hybridized carbons (Fsp3) is 0.818. The zero-order chi connectivity index (χ0) is 11.8. The number of hydrogen-bond donors (Lipinski definition) is 1.